The molecule has 14 heteroatoms. The lowest BCUT2D eigenvalue weighted by Gasteiger charge is -2.25. The first-order valence-electron chi connectivity index (χ1n) is 16.0. The largest absolute Gasteiger partial charge is 0.384 e. The SMILES string of the molecule is COCCC(=O)N[C@@H](Cc1ccccc1)C(=O)C[C@@H](CCCCN)C(=O)N[C@@H](CC(N)=O)C(=O)CC(C)C(=O)N[C@H](C(N)=O)C(C)C. The van der Waals surface area contributed by atoms with Crippen LogP contribution in [0.5, 0.6) is 0 Å². The standard InChI is InChI=1S/C33H52N6O8/c1-20(2)30(31(36)44)39-32(45)21(3)16-26(40)25(19-28(35)42)38-33(46)23(12-8-9-14-34)18-27(41)24(37-29(43)13-15-47-4)17-22-10-6-5-7-11-22/h5-7,10-11,20-21,23-25,30H,8-9,12-19,34H2,1-4H3,(H2,35,42)(H2,36,44)(H,37,43)(H,38,46)(H,39,45)/t21?,23-,24+,25+,30+/m1/s1. The number of ketones is 2. The van der Waals surface area contributed by atoms with Crippen LogP contribution in [0.25, 0.3) is 0 Å². The molecule has 1 aromatic carbocycles. The van der Waals surface area contributed by atoms with E-state index in [-0.39, 0.29) is 56.3 Å². The second kappa shape index (κ2) is 21.6. The molecular weight excluding hydrogens is 608 g/mol. The molecule has 0 bridgehead atoms. The lowest BCUT2D eigenvalue weighted by molar-refractivity contribution is -0.136. The normalized spacial score (nSPS) is 14.3. The first kappa shape index (κ1) is 40.9. The van der Waals surface area contributed by atoms with Gasteiger partial charge in [0.1, 0.15) is 6.04 Å². The number of hydrogen-bond acceptors (Lipinski definition) is 9. The highest BCUT2D eigenvalue weighted by molar-refractivity contribution is 5.97. The molecule has 0 heterocycles. The minimum absolute atomic E-state index is 0.0451. The monoisotopic (exact) mass is 660 g/mol. The first-order valence-corrected chi connectivity index (χ1v) is 16.0. The maximum absolute atomic E-state index is 13.6. The molecule has 0 aliphatic carbocycles. The molecule has 0 aliphatic heterocycles. The molecule has 14 nitrogen and oxygen atoms in total. The van der Waals surface area contributed by atoms with Gasteiger partial charge in [-0.05, 0) is 37.3 Å². The summed E-state index contributed by atoms with van der Waals surface area (Å²) in [6, 6.07) is 5.88. The number of methoxy groups -OCH3 is 1. The fourth-order valence-corrected chi connectivity index (χ4v) is 4.94. The Hall–Kier alpha value is -4.17. The van der Waals surface area contributed by atoms with Gasteiger partial charge in [0.05, 0.1) is 25.1 Å². The number of benzene rings is 1. The Balaban J connectivity index is 3.15. The zero-order valence-corrected chi connectivity index (χ0v) is 27.9. The van der Waals surface area contributed by atoms with Crippen molar-refractivity contribution in [2.45, 2.75) is 90.3 Å². The topological polar surface area (TPSA) is 243 Å². The number of carbonyl (C=O) groups excluding carboxylic acids is 7. The van der Waals surface area contributed by atoms with Crippen molar-refractivity contribution in [2.24, 2.45) is 35.0 Å². The fraction of sp³-hybridized carbons (Fsp3) is 0.606. The lowest BCUT2D eigenvalue weighted by atomic mass is 9.89. The van der Waals surface area contributed by atoms with E-state index in [9.17, 15) is 33.6 Å². The van der Waals surface area contributed by atoms with Gasteiger partial charge in [-0.1, -0.05) is 57.5 Å². The average molecular weight is 661 g/mol. The summed E-state index contributed by atoms with van der Waals surface area (Å²) in [7, 11) is 1.46. The summed E-state index contributed by atoms with van der Waals surface area (Å²) in [5.74, 6) is -6.32. The first-order chi connectivity index (χ1) is 22.2. The van der Waals surface area contributed by atoms with Crippen molar-refractivity contribution in [3.05, 3.63) is 35.9 Å². The second-order valence-corrected chi connectivity index (χ2v) is 12.1. The Kier molecular flexibility index (Phi) is 18.8. The molecule has 0 aromatic heterocycles. The van der Waals surface area contributed by atoms with Crippen molar-refractivity contribution in [3.63, 3.8) is 0 Å². The predicted molar refractivity (Wildman–Crippen MR) is 175 cm³/mol. The van der Waals surface area contributed by atoms with Crippen LogP contribution >= 0.6 is 0 Å². The number of nitrogens with one attached hydrogen (secondary N) is 3. The molecule has 0 saturated carbocycles. The molecule has 1 unspecified atom stereocenters. The van der Waals surface area contributed by atoms with E-state index in [1.165, 1.54) is 14.0 Å². The zero-order valence-electron chi connectivity index (χ0n) is 27.9. The van der Waals surface area contributed by atoms with Crippen molar-refractivity contribution >= 4 is 41.1 Å². The predicted octanol–water partition coefficient (Wildman–Crippen LogP) is 0.0364. The number of amides is 5. The zero-order chi connectivity index (χ0) is 35.5. The van der Waals surface area contributed by atoms with Crippen LogP contribution in [-0.4, -0.2) is 79.5 Å². The Bertz CT molecular complexity index is 1210. The van der Waals surface area contributed by atoms with E-state index < -0.39 is 65.8 Å². The summed E-state index contributed by atoms with van der Waals surface area (Å²) in [6.45, 7) is 5.42. The van der Waals surface area contributed by atoms with Gasteiger partial charge in [0.15, 0.2) is 11.6 Å². The Morgan fingerprint density at radius 2 is 1.43 bits per heavy atom. The molecule has 1 aromatic rings. The van der Waals surface area contributed by atoms with Crippen molar-refractivity contribution < 1.29 is 38.3 Å². The highest BCUT2D eigenvalue weighted by Gasteiger charge is 2.32. The average Bonchev–Trinajstić information content (AvgIpc) is 3.01. The van der Waals surface area contributed by atoms with Crippen LogP contribution in [-0.2, 0) is 44.7 Å². The molecule has 262 valence electrons. The minimum atomic E-state index is -1.35. The smallest absolute Gasteiger partial charge is 0.240 e. The number of nitrogens with two attached hydrogens (primary N) is 3. The van der Waals surface area contributed by atoms with Crippen LogP contribution in [0.1, 0.15) is 71.3 Å². The Morgan fingerprint density at radius 1 is 0.787 bits per heavy atom. The van der Waals surface area contributed by atoms with Crippen LogP contribution in [0.3, 0.4) is 0 Å². The fourth-order valence-electron chi connectivity index (χ4n) is 4.94. The van der Waals surface area contributed by atoms with E-state index in [1.54, 1.807) is 13.8 Å². The number of primary amides is 2. The number of ether oxygens (including phenoxy) is 1. The second-order valence-electron chi connectivity index (χ2n) is 12.1. The Labute approximate surface area is 276 Å². The van der Waals surface area contributed by atoms with Crippen LogP contribution in [0.4, 0.5) is 0 Å². The molecule has 0 saturated heterocycles. The van der Waals surface area contributed by atoms with E-state index in [4.69, 9.17) is 21.9 Å². The molecule has 0 radical (unpaired) electrons. The van der Waals surface area contributed by atoms with Crippen molar-refractivity contribution in [2.75, 3.05) is 20.3 Å². The third kappa shape index (κ3) is 15.8. The number of rotatable bonds is 24. The van der Waals surface area contributed by atoms with Gasteiger partial charge < -0.3 is 37.9 Å². The molecule has 5 amide bonds. The summed E-state index contributed by atoms with van der Waals surface area (Å²) < 4.78 is 4.97. The third-order valence-corrected chi connectivity index (χ3v) is 7.70. The third-order valence-electron chi connectivity index (χ3n) is 7.70. The van der Waals surface area contributed by atoms with E-state index in [2.05, 4.69) is 16.0 Å². The molecule has 1 rings (SSSR count). The van der Waals surface area contributed by atoms with Gasteiger partial charge in [-0.3, -0.25) is 33.6 Å². The molecule has 47 heavy (non-hydrogen) atoms. The van der Waals surface area contributed by atoms with E-state index >= 15 is 0 Å². The number of Topliss-reactive ketones (excluding diaryl/α,β-unsaturated/α-hetero) is 2. The molecular formula is C33H52N6O8. The molecule has 9 N–H and O–H groups in total. The molecule has 0 spiro atoms. The van der Waals surface area contributed by atoms with Gasteiger partial charge in [0, 0.05) is 38.2 Å². The molecule has 5 atom stereocenters. The van der Waals surface area contributed by atoms with E-state index in [0.29, 0.717) is 19.4 Å². The van der Waals surface area contributed by atoms with Crippen LogP contribution < -0.4 is 33.2 Å². The van der Waals surface area contributed by atoms with Gasteiger partial charge in [0.2, 0.25) is 29.5 Å². The molecule has 0 aliphatic rings. The van der Waals surface area contributed by atoms with Crippen LogP contribution in [0.15, 0.2) is 30.3 Å². The van der Waals surface area contributed by atoms with Gasteiger partial charge in [0.25, 0.3) is 0 Å². The number of unbranched alkanes of at least 4 members (excludes halogenated alkanes) is 1. The lowest BCUT2D eigenvalue weighted by Crippen LogP contribution is -2.50. The van der Waals surface area contributed by atoms with Crippen molar-refractivity contribution in [3.8, 4) is 0 Å². The highest BCUT2D eigenvalue weighted by atomic mass is 16.5. The summed E-state index contributed by atoms with van der Waals surface area (Å²) >= 11 is 0. The summed E-state index contributed by atoms with van der Waals surface area (Å²) in [5, 5.41) is 7.86. The summed E-state index contributed by atoms with van der Waals surface area (Å²) in [4.78, 5) is 89.4. The van der Waals surface area contributed by atoms with Gasteiger partial charge in [-0.15, -0.1) is 0 Å². The maximum Gasteiger partial charge on any atom is 0.240 e. The summed E-state index contributed by atoms with van der Waals surface area (Å²) in [5.41, 5.74) is 17.2. The number of hydrogen-bond donors (Lipinski definition) is 6. The maximum atomic E-state index is 13.6. The van der Waals surface area contributed by atoms with E-state index in [1.807, 2.05) is 30.3 Å². The summed E-state index contributed by atoms with van der Waals surface area (Å²) in [6.07, 6.45) is 0.450. The quantitative estimate of drug-likeness (QED) is 0.0819. The van der Waals surface area contributed by atoms with Crippen molar-refractivity contribution in [1.29, 1.82) is 0 Å². The minimum Gasteiger partial charge on any atom is -0.384 e. The van der Waals surface area contributed by atoms with Crippen LogP contribution in [0, 0.1) is 17.8 Å². The highest BCUT2D eigenvalue weighted by Crippen LogP contribution is 2.18. The van der Waals surface area contributed by atoms with Gasteiger partial charge in [-0.2, -0.15) is 0 Å². The molecule has 0 fully saturated rings. The van der Waals surface area contributed by atoms with Crippen molar-refractivity contribution in [1.82, 2.24) is 16.0 Å². The van der Waals surface area contributed by atoms with Gasteiger partial charge in [-0.25, -0.2) is 0 Å². The van der Waals surface area contributed by atoms with Gasteiger partial charge >= 0.3 is 0 Å². The van der Waals surface area contributed by atoms with Crippen LogP contribution in [0.2, 0.25) is 0 Å². The number of carbonyl (C=O) groups is 7. The Morgan fingerprint density at radius 3 is 1.98 bits per heavy atom. The van der Waals surface area contributed by atoms with E-state index in [0.717, 1.165) is 5.56 Å².